The van der Waals surface area contributed by atoms with Crippen molar-refractivity contribution >= 4 is 33.7 Å². The maximum Gasteiger partial charge on any atom is 0.169 e. The maximum absolute atomic E-state index is 13.5. The van der Waals surface area contributed by atoms with Crippen molar-refractivity contribution in [2.45, 2.75) is 38.5 Å². The van der Waals surface area contributed by atoms with Crippen molar-refractivity contribution in [1.29, 1.82) is 0 Å². The van der Waals surface area contributed by atoms with E-state index in [0.717, 1.165) is 71.5 Å². The molecule has 0 amide bonds. The molecule has 2 aromatic carbocycles. The van der Waals surface area contributed by atoms with Crippen LogP contribution in [0.4, 0.5) is 17.1 Å². The summed E-state index contributed by atoms with van der Waals surface area (Å²) in [5, 5.41) is 12.1. The highest BCUT2D eigenvalue weighted by Gasteiger charge is 2.43. The molecule has 1 fully saturated rings. The number of hydrogen-bond acceptors (Lipinski definition) is 5. The zero-order valence-electron chi connectivity index (χ0n) is 15.4. The summed E-state index contributed by atoms with van der Waals surface area (Å²) in [5.41, 5.74) is 4.23. The van der Waals surface area contributed by atoms with E-state index in [4.69, 9.17) is 4.52 Å². The van der Waals surface area contributed by atoms with Crippen LogP contribution in [0, 0.1) is 5.92 Å². The Morgan fingerprint density at radius 1 is 1.11 bits per heavy atom. The van der Waals surface area contributed by atoms with E-state index in [-0.39, 0.29) is 17.6 Å². The second-order valence-corrected chi connectivity index (χ2v) is 7.50. The fourth-order valence-electron chi connectivity index (χ4n) is 4.70. The van der Waals surface area contributed by atoms with Crippen LogP contribution >= 0.6 is 0 Å². The third kappa shape index (κ3) is 2.52. The SMILES string of the molecule is CCNc1cc(Nc2ccccc2)c2c3c(onc13)[C@H]1CCCC[C@H]1C2=O. The van der Waals surface area contributed by atoms with Gasteiger partial charge in [-0.25, -0.2) is 0 Å². The molecule has 1 heterocycles. The number of rotatable bonds is 4. The van der Waals surface area contributed by atoms with Gasteiger partial charge in [-0.05, 0) is 38.0 Å². The van der Waals surface area contributed by atoms with Gasteiger partial charge in [0.25, 0.3) is 0 Å². The van der Waals surface area contributed by atoms with Crippen LogP contribution in [0.25, 0.3) is 10.9 Å². The Morgan fingerprint density at radius 3 is 2.67 bits per heavy atom. The zero-order chi connectivity index (χ0) is 18.4. The normalized spacial score (nSPS) is 21.1. The third-order valence-corrected chi connectivity index (χ3v) is 5.89. The molecule has 2 atom stereocenters. The zero-order valence-corrected chi connectivity index (χ0v) is 15.4. The first-order chi connectivity index (χ1) is 13.3. The lowest BCUT2D eigenvalue weighted by atomic mass is 9.69. The molecule has 5 heteroatoms. The molecule has 0 unspecified atom stereocenters. The molecule has 2 aliphatic carbocycles. The number of nitrogens with zero attached hydrogens (tertiary/aromatic N) is 1. The van der Waals surface area contributed by atoms with Crippen LogP contribution < -0.4 is 10.6 Å². The fourth-order valence-corrected chi connectivity index (χ4v) is 4.70. The van der Waals surface area contributed by atoms with Gasteiger partial charge in [0.15, 0.2) is 5.78 Å². The minimum absolute atomic E-state index is 0.0173. The average molecular weight is 361 g/mol. The summed E-state index contributed by atoms with van der Waals surface area (Å²) in [6.45, 7) is 2.83. The van der Waals surface area contributed by atoms with Crippen molar-refractivity contribution in [2.24, 2.45) is 5.92 Å². The van der Waals surface area contributed by atoms with Gasteiger partial charge in [-0.3, -0.25) is 4.79 Å². The van der Waals surface area contributed by atoms with Crippen molar-refractivity contribution in [1.82, 2.24) is 5.16 Å². The Bertz CT molecular complexity index is 1010. The van der Waals surface area contributed by atoms with E-state index in [9.17, 15) is 4.79 Å². The van der Waals surface area contributed by atoms with Crippen molar-refractivity contribution in [3.05, 3.63) is 47.7 Å². The van der Waals surface area contributed by atoms with E-state index in [1.165, 1.54) is 0 Å². The number of nitrogens with one attached hydrogen (secondary N) is 2. The number of benzene rings is 2. The molecule has 5 rings (SSSR count). The second kappa shape index (κ2) is 6.41. The molecule has 3 aromatic rings. The van der Waals surface area contributed by atoms with Gasteiger partial charge in [0.1, 0.15) is 11.3 Å². The maximum atomic E-state index is 13.5. The lowest BCUT2D eigenvalue weighted by Crippen LogP contribution is -2.30. The number of aromatic nitrogens is 1. The topological polar surface area (TPSA) is 67.2 Å². The smallest absolute Gasteiger partial charge is 0.169 e. The van der Waals surface area contributed by atoms with Crippen LogP contribution in [0.15, 0.2) is 40.9 Å². The Morgan fingerprint density at radius 2 is 1.89 bits per heavy atom. The van der Waals surface area contributed by atoms with E-state index in [0.29, 0.717) is 0 Å². The lowest BCUT2D eigenvalue weighted by Gasteiger charge is -2.33. The first-order valence-corrected chi connectivity index (χ1v) is 9.84. The highest BCUT2D eigenvalue weighted by molar-refractivity contribution is 6.18. The summed E-state index contributed by atoms with van der Waals surface area (Å²) >= 11 is 0. The molecular formula is C22H23N3O2. The molecular weight excluding hydrogens is 338 g/mol. The van der Waals surface area contributed by atoms with Gasteiger partial charge in [-0.15, -0.1) is 0 Å². The van der Waals surface area contributed by atoms with Crippen LogP contribution in [0.1, 0.15) is 54.6 Å². The summed E-state index contributed by atoms with van der Waals surface area (Å²) in [6, 6.07) is 12.0. The minimum Gasteiger partial charge on any atom is -0.383 e. The summed E-state index contributed by atoms with van der Waals surface area (Å²) in [5.74, 6) is 1.33. The molecule has 1 aromatic heterocycles. The number of para-hydroxylation sites is 1. The largest absolute Gasteiger partial charge is 0.383 e. The Labute approximate surface area is 158 Å². The quantitative estimate of drug-likeness (QED) is 0.645. The van der Waals surface area contributed by atoms with E-state index >= 15 is 0 Å². The number of hydrogen-bond donors (Lipinski definition) is 2. The first kappa shape index (κ1) is 16.4. The van der Waals surface area contributed by atoms with E-state index in [2.05, 4.69) is 22.7 Å². The number of ketones is 1. The predicted octanol–water partition coefficient (Wildman–Crippen LogP) is 5.47. The molecule has 138 valence electrons. The molecule has 5 nitrogen and oxygen atoms in total. The number of anilines is 3. The van der Waals surface area contributed by atoms with Crippen LogP contribution in [0.3, 0.4) is 0 Å². The summed E-state index contributed by atoms with van der Waals surface area (Å²) in [6.07, 6.45) is 4.20. The van der Waals surface area contributed by atoms with Crippen LogP contribution in [0.5, 0.6) is 0 Å². The van der Waals surface area contributed by atoms with Crippen molar-refractivity contribution in [2.75, 3.05) is 17.2 Å². The molecule has 0 bridgehead atoms. The molecule has 2 aliphatic rings. The van der Waals surface area contributed by atoms with Crippen molar-refractivity contribution in [3.8, 4) is 0 Å². The van der Waals surface area contributed by atoms with Crippen LogP contribution in [-0.2, 0) is 0 Å². The molecule has 27 heavy (non-hydrogen) atoms. The third-order valence-electron chi connectivity index (χ3n) is 5.89. The van der Waals surface area contributed by atoms with Gasteiger partial charge < -0.3 is 15.2 Å². The molecule has 0 spiro atoms. The lowest BCUT2D eigenvalue weighted by molar-refractivity contribution is 0.0849. The minimum atomic E-state index is 0.0173. The second-order valence-electron chi connectivity index (χ2n) is 7.50. The fraction of sp³-hybridized carbons (Fsp3) is 0.364. The van der Waals surface area contributed by atoms with Crippen LogP contribution in [0.2, 0.25) is 0 Å². The van der Waals surface area contributed by atoms with Gasteiger partial charge in [-0.2, -0.15) is 0 Å². The van der Waals surface area contributed by atoms with Gasteiger partial charge in [0.05, 0.1) is 22.3 Å². The molecule has 0 saturated heterocycles. The van der Waals surface area contributed by atoms with Gasteiger partial charge >= 0.3 is 0 Å². The van der Waals surface area contributed by atoms with Crippen molar-refractivity contribution in [3.63, 3.8) is 0 Å². The van der Waals surface area contributed by atoms with Gasteiger partial charge in [0.2, 0.25) is 0 Å². The Hall–Kier alpha value is -2.82. The monoisotopic (exact) mass is 361 g/mol. The summed E-state index contributed by atoms with van der Waals surface area (Å²) in [4.78, 5) is 13.5. The number of carbonyl (C=O) groups excluding carboxylic acids is 1. The Kier molecular flexibility index (Phi) is 3.88. The summed E-state index contributed by atoms with van der Waals surface area (Å²) in [7, 11) is 0. The highest BCUT2D eigenvalue weighted by atomic mass is 16.5. The standard InChI is InChI=1S/C22H23N3O2/c1-2-23-17-12-16(24-13-8-4-3-5-9-13)18-19-20(17)25-27-22(19)15-11-7-6-10-14(15)21(18)26/h3-5,8-9,12,14-15,23-24H,2,6-7,10-11H2,1H3/t14-,15+/m1/s1. The van der Waals surface area contributed by atoms with E-state index in [1.54, 1.807) is 0 Å². The molecule has 1 saturated carbocycles. The van der Waals surface area contributed by atoms with Gasteiger partial charge in [0, 0.05) is 24.1 Å². The average Bonchev–Trinajstić information content (AvgIpc) is 3.14. The van der Waals surface area contributed by atoms with Gasteiger partial charge in [-0.1, -0.05) is 36.2 Å². The predicted molar refractivity (Wildman–Crippen MR) is 107 cm³/mol. The number of Topliss-reactive ketones (excluding diaryl/α,β-unsaturated/α-hetero) is 1. The van der Waals surface area contributed by atoms with E-state index < -0.39 is 0 Å². The van der Waals surface area contributed by atoms with Crippen molar-refractivity contribution < 1.29 is 9.32 Å². The highest BCUT2D eigenvalue weighted by Crippen LogP contribution is 2.50. The number of fused-ring (bicyclic) bond motifs is 2. The summed E-state index contributed by atoms with van der Waals surface area (Å²) < 4.78 is 5.84. The molecule has 0 aliphatic heterocycles. The van der Waals surface area contributed by atoms with E-state index in [1.807, 2.05) is 36.4 Å². The first-order valence-electron chi connectivity index (χ1n) is 9.84. The molecule has 2 N–H and O–H groups in total. The van der Waals surface area contributed by atoms with Crippen LogP contribution in [-0.4, -0.2) is 17.5 Å². The Balaban J connectivity index is 1.74. The number of carbonyl (C=O) groups is 1. The molecule has 0 radical (unpaired) electrons.